The molecule has 0 unspecified atom stereocenters. The third-order valence-electron chi connectivity index (χ3n) is 5.63. The molecular weight excluding hydrogens is 350 g/mol. The van der Waals surface area contributed by atoms with Crippen molar-refractivity contribution in [1.29, 1.82) is 0 Å². The van der Waals surface area contributed by atoms with Crippen LogP contribution in [0.1, 0.15) is 34.5 Å². The van der Waals surface area contributed by atoms with E-state index in [0.717, 1.165) is 17.7 Å². The van der Waals surface area contributed by atoms with Crippen molar-refractivity contribution in [3.05, 3.63) is 52.2 Å². The average Bonchev–Trinajstić information content (AvgIpc) is 3.35. The molecule has 136 valence electrons. The Kier molecular flexibility index (Phi) is 4.44. The van der Waals surface area contributed by atoms with Gasteiger partial charge in [-0.1, -0.05) is 18.6 Å². The second kappa shape index (κ2) is 6.76. The van der Waals surface area contributed by atoms with E-state index in [2.05, 4.69) is 0 Å². The summed E-state index contributed by atoms with van der Waals surface area (Å²) >= 11 is 1.63. The fourth-order valence-corrected chi connectivity index (χ4v) is 4.86. The molecule has 0 bridgehead atoms. The molecule has 2 fully saturated rings. The van der Waals surface area contributed by atoms with Crippen molar-refractivity contribution < 1.29 is 19.4 Å². The van der Waals surface area contributed by atoms with E-state index in [9.17, 15) is 14.7 Å². The van der Waals surface area contributed by atoms with Crippen LogP contribution in [-0.2, 0) is 11.4 Å². The number of fused-ring (bicyclic) bond motifs is 1. The second-order valence-electron chi connectivity index (χ2n) is 7.13. The van der Waals surface area contributed by atoms with Gasteiger partial charge >= 0.3 is 5.97 Å². The number of carbonyl (C=O) groups is 2. The summed E-state index contributed by atoms with van der Waals surface area (Å²) in [6.07, 6.45) is 2.49. The van der Waals surface area contributed by atoms with Crippen molar-refractivity contribution in [3.63, 3.8) is 0 Å². The van der Waals surface area contributed by atoms with Crippen molar-refractivity contribution >= 4 is 23.2 Å². The van der Waals surface area contributed by atoms with Crippen LogP contribution in [0.25, 0.3) is 0 Å². The third kappa shape index (κ3) is 2.98. The fourth-order valence-electron chi connectivity index (χ4n) is 4.24. The molecule has 1 aromatic carbocycles. The summed E-state index contributed by atoms with van der Waals surface area (Å²) in [5.74, 6) is -0.149. The molecular formula is C20H21NO4S. The van der Waals surface area contributed by atoms with Gasteiger partial charge in [-0.25, -0.2) is 0 Å². The molecule has 0 spiro atoms. The van der Waals surface area contributed by atoms with Crippen molar-refractivity contribution in [1.82, 2.24) is 4.90 Å². The molecule has 2 atom stereocenters. The van der Waals surface area contributed by atoms with Gasteiger partial charge in [0.2, 0.25) is 0 Å². The van der Waals surface area contributed by atoms with Crippen LogP contribution in [0.2, 0.25) is 0 Å². The number of carbonyl (C=O) groups excluding carboxylic acids is 1. The van der Waals surface area contributed by atoms with Crippen LogP contribution in [0.15, 0.2) is 41.8 Å². The summed E-state index contributed by atoms with van der Waals surface area (Å²) in [7, 11) is 0. The number of nitrogens with zero attached hydrogens (tertiary/aromatic N) is 1. The van der Waals surface area contributed by atoms with Crippen LogP contribution in [0, 0.1) is 11.3 Å². The molecule has 1 aromatic heterocycles. The molecule has 4 rings (SSSR count). The topological polar surface area (TPSA) is 66.8 Å². The zero-order valence-electron chi connectivity index (χ0n) is 14.4. The Balaban J connectivity index is 1.47. The van der Waals surface area contributed by atoms with Gasteiger partial charge in [0.25, 0.3) is 5.91 Å². The molecule has 2 aliphatic rings. The van der Waals surface area contributed by atoms with Crippen molar-refractivity contribution in [2.75, 3.05) is 13.1 Å². The maximum absolute atomic E-state index is 12.9. The summed E-state index contributed by atoms with van der Waals surface area (Å²) in [5.41, 5.74) is -0.197. The Hall–Kier alpha value is -2.34. The summed E-state index contributed by atoms with van der Waals surface area (Å²) in [6, 6.07) is 11.1. The van der Waals surface area contributed by atoms with E-state index in [4.69, 9.17) is 4.74 Å². The Morgan fingerprint density at radius 2 is 2.19 bits per heavy atom. The van der Waals surface area contributed by atoms with Crippen LogP contribution in [0.4, 0.5) is 0 Å². The highest BCUT2D eigenvalue weighted by Gasteiger charge is 2.55. The number of ether oxygens (including phenoxy) is 1. The minimum absolute atomic E-state index is 0.0715. The van der Waals surface area contributed by atoms with Crippen LogP contribution >= 0.6 is 11.3 Å². The van der Waals surface area contributed by atoms with Gasteiger partial charge in [0.05, 0.1) is 5.41 Å². The maximum atomic E-state index is 12.9. The quantitative estimate of drug-likeness (QED) is 0.871. The van der Waals surface area contributed by atoms with Crippen LogP contribution in [0.5, 0.6) is 5.75 Å². The standard InChI is InChI=1S/C20H21NO4S/c22-18(21-11-15-5-2-8-20(15,13-21)19(23)24)14-4-1-6-16(10-14)25-12-17-7-3-9-26-17/h1,3-4,6-7,9-10,15H,2,5,8,11-13H2,(H,23,24)/t15-,20+/m0/s1. The molecule has 6 heteroatoms. The number of amides is 1. The van der Waals surface area contributed by atoms with Gasteiger partial charge in [0.15, 0.2) is 0 Å². The first-order valence-corrected chi connectivity index (χ1v) is 9.74. The number of rotatable bonds is 5. The first kappa shape index (κ1) is 17.1. The summed E-state index contributed by atoms with van der Waals surface area (Å²) in [5, 5.41) is 11.7. The SMILES string of the molecule is O=C(c1cccc(OCc2cccs2)c1)N1C[C@@H]2CCC[C@@]2(C(=O)O)C1. The predicted molar refractivity (Wildman–Crippen MR) is 98.4 cm³/mol. The molecule has 26 heavy (non-hydrogen) atoms. The van der Waals surface area contributed by atoms with E-state index in [-0.39, 0.29) is 11.8 Å². The lowest BCUT2D eigenvalue weighted by molar-refractivity contribution is -0.149. The number of benzene rings is 1. The Bertz CT molecular complexity index is 819. The van der Waals surface area contributed by atoms with Gasteiger partial charge in [-0.2, -0.15) is 0 Å². The molecule has 1 amide bonds. The fraction of sp³-hybridized carbons (Fsp3) is 0.400. The van der Waals surface area contributed by atoms with Gasteiger partial charge in [0, 0.05) is 23.5 Å². The van der Waals surface area contributed by atoms with Crippen LogP contribution in [-0.4, -0.2) is 35.0 Å². The van der Waals surface area contributed by atoms with Crippen molar-refractivity contribution in [2.45, 2.75) is 25.9 Å². The first-order valence-electron chi connectivity index (χ1n) is 8.86. The lowest BCUT2D eigenvalue weighted by Gasteiger charge is -2.23. The average molecular weight is 371 g/mol. The highest BCUT2D eigenvalue weighted by Crippen LogP contribution is 2.49. The number of likely N-dealkylation sites (tertiary alicyclic amines) is 1. The predicted octanol–water partition coefficient (Wildman–Crippen LogP) is 3.65. The van der Waals surface area contributed by atoms with Crippen molar-refractivity contribution in [3.8, 4) is 5.75 Å². The lowest BCUT2D eigenvalue weighted by Crippen LogP contribution is -2.37. The van der Waals surface area contributed by atoms with E-state index in [0.29, 0.717) is 37.4 Å². The zero-order chi connectivity index (χ0) is 18.1. The molecule has 1 aliphatic heterocycles. The van der Waals surface area contributed by atoms with Crippen molar-refractivity contribution in [2.24, 2.45) is 11.3 Å². The van der Waals surface area contributed by atoms with Crippen LogP contribution in [0.3, 0.4) is 0 Å². The number of carboxylic acid groups (broad SMARTS) is 1. The normalized spacial score (nSPS) is 24.5. The smallest absolute Gasteiger partial charge is 0.311 e. The molecule has 5 nitrogen and oxygen atoms in total. The summed E-state index contributed by atoms with van der Waals surface area (Å²) < 4.78 is 5.78. The molecule has 1 aliphatic carbocycles. The number of hydrogen-bond acceptors (Lipinski definition) is 4. The van der Waals surface area contributed by atoms with Gasteiger partial charge in [-0.05, 0) is 48.4 Å². The minimum Gasteiger partial charge on any atom is -0.488 e. The summed E-state index contributed by atoms with van der Waals surface area (Å²) in [6.45, 7) is 1.32. The highest BCUT2D eigenvalue weighted by atomic mass is 32.1. The van der Waals surface area contributed by atoms with E-state index in [1.165, 1.54) is 0 Å². The van der Waals surface area contributed by atoms with E-state index in [1.807, 2.05) is 23.6 Å². The third-order valence-corrected chi connectivity index (χ3v) is 6.48. The zero-order valence-corrected chi connectivity index (χ0v) is 15.2. The van der Waals surface area contributed by atoms with Gasteiger partial charge in [0.1, 0.15) is 12.4 Å². The lowest BCUT2D eigenvalue weighted by atomic mass is 9.81. The van der Waals surface area contributed by atoms with E-state index in [1.54, 1.807) is 34.4 Å². The molecule has 1 saturated carbocycles. The molecule has 1 saturated heterocycles. The Morgan fingerprint density at radius 3 is 2.92 bits per heavy atom. The van der Waals surface area contributed by atoms with E-state index >= 15 is 0 Å². The maximum Gasteiger partial charge on any atom is 0.311 e. The van der Waals surface area contributed by atoms with Gasteiger partial charge in [-0.15, -0.1) is 11.3 Å². The monoisotopic (exact) mass is 371 g/mol. The highest BCUT2D eigenvalue weighted by molar-refractivity contribution is 7.09. The largest absolute Gasteiger partial charge is 0.488 e. The second-order valence-corrected chi connectivity index (χ2v) is 8.16. The number of hydrogen-bond donors (Lipinski definition) is 1. The van der Waals surface area contributed by atoms with E-state index < -0.39 is 11.4 Å². The molecule has 0 radical (unpaired) electrons. The molecule has 1 N–H and O–H groups in total. The van der Waals surface area contributed by atoms with Crippen LogP contribution < -0.4 is 4.74 Å². The molecule has 2 aromatic rings. The van der Waals surface area contributed by atoms with Gasteiger partial charge < -0.3 is 14.7 Å². The first-order chi connectivity index (χ1) is 12.6. The summed E-state index contributed by atoms with van der Waals surface area (Å²) in [4.78, 5) is 27.5. The number of aliphatic carboxylic acids is 1. The Morgan fingerprint density at radius 1 is 1.31 bits per heavy atom. The number of carboxylic acids is 1. The number of thiophene rings is 1. The Labute approximate surface area is 156 Å². The molecule has 2 heterocycles. The minimum atomic E-state index is -0.761. The van der Waals surface area contributed by atoms with Gasteiger partial charge in [-0.3, -0.25) is 9.59 Å².